The zero-order valence-electron chi connectivity index (χ0n) is 26.6. The van der Waals surface area contributed by atoms with Crippen LogP contribution in [0.3, 0.4) is 0 Å². The number of rotatable bonds is 7. The van der Waals surface area contributed by atoms with E-state index in [9.17, 15) is 44.5 Å². The van der Waals surface area contributed by atoms with E-state index < -0.39 is 78.3 Å². The number of likely N-dealkylation sites (tertiary alicyclic amines) is 1. The van der Waals surface area contributed by atoms with Crippen molar-refractivity contribution in [3.05, 3.63) is 61.7 Å². The quantitative estimate of drug-likeness (QED) is 0.144. The minimum Gasteiger partial charge on any atom is -0.508 e. The number of ether oxygens (including phenoxy) is 2. The first kappa shape index (κ1) is 33.9. The van der Waals surface area contributed by atoms with Crippen molar-refractivity contribution < 1.29 is 43.6 Å². The maximum Gasteiger partial charge on any atom is 0.301 e. The van der Waals surface area contributed by atoms with Crippen LogP contribution in [0.2, 0.25) is 0 Å². The van der Waals surface area contributed by atoms with Crippen LogP contribution in [0.25, 0.3) is 0 Å². The second-order valence-electron chi connectivity index (χ2n) is 12.5. The molecule has 2 aromatic carbocycles. The first-order chi connectivity index (χ1) is 23.0. The smallest absolute Gasteiger partial charge is 0.301 e. The van der Waals surface area contributed by atoms with Crippen molar-refractivity contribution in [1.29, 1.82) is 0 Å². The molecular formula is C31H29Cl2N5O11. The molecule has 2 aromatic rings. The Morgan fingerprint density at radius 3 is 1.96 bits per heavy atom. The Morgan fingerprint density at radius 1 is 0.918 bits per heavy atom. The number of carbonyl (C=O) groups is 4. The zero-order valence-corrected chi connectivity index (χ0v) is 28.1. The highest BCUT2D eigenvalue weighted by Crippen LogP contribution is 2.67. The summed E-state index contributed by atoms with van der Waals surface area (Å²) in [4.78, 5) is 76.9. The summed E-state index contributed by atoms with van der Waals surface area (Å²) in [7, 11) is 6.60. The summed E-state index contributed by atoms with van der Waals surface area (Å²) in [5.74, 6) is -7.96. The standard InChI is InChI=1S/C31H29Cl2N5O11/c1-34(2)25-18(37(44)45)8-13(9-19(25)38(46)47)36-26(40)16-7-6-15-17(22(16)27(36)41)12-30(32)28(42)35(3)29(43)31(30,33)24(15)23-20(48-4)10-14(39)11-21(23)49-5/h6,8-11,16-17,22,24,39H,7,12H2,1-5H3/t16-,17+,22-,24+,30+,31-/m0/s1. The van der Waals surface area contributed by atoms with Crippen molar-refractivity contribution in [1.82, 2.24) is 4.90 Å². The molecule has 0 aromatic heterocycles. The van der Waals surface area contributed by atoms with E-state index in [0.717, 1.165) is 17.0 Å². The topological polar surface area (TPSA) is 203 Å². The molecular weight excluding hydrogens is 689 g/mol. The number of alkyl halides is 2. The van der Waals surface area contributed by atoms with Gasteiger partial charge >= 0.3 is 11.4 Å². The number of hydrogen-bond donors (Lipinski definition) is 1. The summed E-state index contributed by atoms with van der Waals surface area (Å²) in [5, 5.41) is 34.5. The number of aromatic hydroxyl groups is 1. The number of phenolic OH excluding ortho intramolecular Hbond substituents is 1. The Morgan fingerprint density at radius 2 is 1.47 bits per heavy atom. The van der Waals surface area contributed by atoms with Gasteiger partial charge < -0.3 is 19.5 Å². The largest absolute Gasteiger partial charge is 0.508 e. The van der Waals surface area contributed by atoms with Gasteiger partial charge in [0.1, 0.15) is 17.2 Å². The van der Waals surface area contributed by atoms with Gasteiger partial charge in [-0.3, -0.25) is 44.3 Å². The van der Waals surface area contributed by atoms with E-state index in [4.69, 9.17) is 32.7 Å². The van der Waals surface area contributed by atoms with Crippen LogP contribution < -0.4 is 19.3 Å². The molecule has 2 aliphatic carbocycles. The van der Waals surface area contributed by atoms with E-state index in [2.05, 4.69) is 0 Å². The molecule has 4 amide bonds. The molecule has 0 radical (unpaired) electrons. The molecule has 49 heavy (non-hydrogen) atoms. The number of nitrogens with zero attached hydrogens (tertiary/aromatic N) is 5. The van der Waals surface area contributed by atoms with Crippen molar-refractivity contribution in [2.24, 2.45) is 17.8 Å². The van der Waals surface area contributed by atoms with Crippen molar-refractivity contribution in [3.63, 3.8) is 0 Å². The van der Waals surface area contributed by atoms with Crippen LogP contribution in [-0.4, -0.2) is 88.6 Å². The number of allylic oxidation sites excluding steroid dienone is 2. The van der Waals surface area contributed by atoms with Crippen LogP contribution in [0.1, 0.15) is 24.3 Å². The number of imide groups is 2. The number of methoxy groups -OCH3 is 2. The van der Waals surface area contributed by atoms with Gasteiger partial charge in [-0.1, -0.05) is 11.6 Å². The van der Waals surface area contributed by atoms with Gasteiger partial charge in [0.15, 0.2) is 15.4 Å². The lowest BCUT2D eigenvalue weighted by molar-refractivity contribution is -0.392. The second kappa shape index (κ2) is 11.3. The Bertz CT molecular complexity index is 1870. The van der Waals surface area contributed by atoms with Gasteiger partial charge in [0, 0.05) is 56.9 Å². The molecule has 0 bridgehead atoms. The number of amides is 4. The van der Waals surface area contributed by atoms with Gasteiger partial charge in [-0.25, -0.2) is 4.90 Å². The Kier molecular flexibility index (Phi) is 7.82. The highest BCUT2D eigenvalue weighted by atomic mass is 35.5. The monoisotopic (exact) mass is 717 g/mol. The fourth-order valence-electron chi connectivity index (χ4n) is 7.98. The first-order valence-corrected chi connectivity index (χ1v) is 15.6. The molecule has 3 fully saturated rings. The van der Waals surface area contributed by atoms with Crippen LogP contribution in [0.4, 0.5) is 22.7 Å². The third-order valence-electron chi connectivity index (χ3n) is 9.98. The summed E-state index contributed by atoms with van der Waals surface area (Å²) in [6.07, 6.45) is 1.23. The van der Waals surface area contributed by atoms with Gasteiger partial charge in [-0.15, -0.1) is 23.2 Å². The fourth-order valence-corrected chi connectivity index (χ4v) is 8.98. The number of nitro groups is 2. The number of anilines is 2. The van der Waals surface area contributed by atoms with Crippen LogP contribution in [0.5, 0.6) is 17.2 Å². The minimum absolute atomic E-state index is 0.0374. The highest BCUT2D eigenvalue weighted by Gasteiger charge is 2.76. The molecule has 0 unspecified atom stereocenters. The minimum atomic E-state index is -2.18. The van der Waals surface area contributed by atoms with Crippen molar-refractivity contribution in [2.75, 3.05) is 45.2 Å². The van der Waals surface area contributed by atoms with Crippen molar-refractivity contribution in [3.8, 4) is 17.2 Å². The SMILES string of the molecule is COc1cc(O)cc(OC)c1[C@H]1C2=CC[C@@H]3C(=O)N(c4cc([N+](=O)[O-])c(N(C)C)c([N+](=O)[O-])c4)C(=O)[C@@H]3[C@@H]2C[C@@]2(Cl)C(=O)N(C)C(=O)[C@@]12Cl. The van der Waals surface area contributed by atoms with Crippen LogP contribution >= 0.6 is 23.2 Å². The Hall–Kier alpha value is -4.96. The number of hydrogen-bond acceptors (Lipinski definition) is 12. The lowest BCUT2D eigenvalue weighted by Gasteiger charge is -2.51. The summed E-state index contributed by atoms with van der Waals surface area (Å²) in [5.41, 5.74) is -1.55. The molecule has 6 atom stereocenters. The average molecular weight is 719 g/mol. The Labute approximate surface area is 288 Å². The van der Waals surface area contributed by atoms with Gasteiger partial charge in [0.05, 0.1) is 41.6 Å². The molecule has 2 heterocycles. The number of fused-ring (bicyclic) bond motifs is 4. The molecule has 2 saturated heterocycles. The summed E-state index contributed by atoms with van der Waals surface area (Å²) >= 11 is 14.4. The summed E-state index contributed by atoms with van der Waals surface area (Å²) in [6, 6.07) is 4.39. The van der Waals surface area contributed by atoms with E-state index in [1.165, 1.54) is 52.4 Å². The lowest BCUT2D eigenvalue weighted by Crippen LogP contribution is -2.60. The lowest BCUT2D eigenvalue weighted by atomic mass is 9.56. The van der Waals surface area contributed by atoms with Gasteiger partial charge in [0.2, 0.25) is 11.8 Å². The molecule has 1 saturated carbocycles. The van der Waals surface area contributed by atoms with Crippen LogP contribution in [0.15, 0.2) is 35.9 Å². The van der Waals surface area contributed by atoms with Gasteiger partial charge in [0.25, 0.3) is 11.8 Å². The highest BCUT2D eigenvalue weighted by molar-refractivity contribution is 6.53. The van der Waals surface area contributed by atoms with E-state index in [-0.39, 0.29) is 47.0 Å². The number of nitro benzene ring substituents is 2. The molecule has 2 aliphatic heterocycles. The molecule has 16 nitrogen and oxygen atoms in total. The summed E-state index contributed by atoms with van der Waals surface area (Å²) < 4.78 is 11.2. The van der Waals surface area contributed by atoms with Gasteiger partial charge in [-0.2, -0.15) is 0 Å². The Balaban J connectivity index is 1.55. The number of carbonyl (C=O) groups excluding carboxylic acids is 4. The molecule has 258 valence electrons. The molecule has 1 N–H and O–H groups in total. The predicted octanol–water partition coefficient (Wildman–Crippen LogP) is 3.49. The van der Waals surface area contributed by atoms with Crippen LogP contribution in [0, 0.1) is 38.0 Å². The van der Waals surface area contributed by atoms with E-state index in [0.29, 0.717) is 10.5 Å². The molecule has 4 aliphatic rings. The van der Waals surface area contributed by atoms with E-state index in [1.807, 2.05) is 0 Å². The number of benzene rings is 2. The molecule has 6 rings (SSSR count). The molecule has 0 spiro atoms. The van der Waals surface area contributed by atoms with Crippen LogP contribution in [-0.2, 0) is 19.2 Å². The maximum absolute atomic E-state index is 14.4. The van der Waals surface area contributed by atoms with E-state index in [1.54, 1.807) is 6.08 Å². The molecule has 18 heteroatoms. The normalized spacial score (nSPS) is 28.9. The number of halogens is 2. The number of phenols is 1. The van der Waals surface area contributed by atoms with E-state index >= 15 is 0 Å². The first-order valence-electron chi connectivity index (χ1n) is 14.8. The third kappa shape index (κ3) is 4.42. The predicted molar refractivity (Wildman–Crippen MR) is 173 cm³/mol. The summed E-state index contributed by atoms with van der Waals surface area (Å²) in [6.45, 7) is 0. The van der Waals surface area contributed by atoms with Crippen molar-refractivity contribution >= 4 is 69.6 Å². The fraction of sp³-hybridized carbons (Fsp3) is 0.419. The average Bonchev–Trinajstić information content (AvgIpc) is 3.38. The zero-order chi connectivity index (χ0) is 36.1. The third-order valence-corrected chi connectivity index (χ3v) is 11.4. The van der Waals surface area contributed by atoms with Crippen molar-refractivity contribution in [2.45, 2.75) is 28.5 Å². The second-order valence-corrected chi connectivity index (χ2v) is 13.8. The van der Waals surface area contributed by atoms with Gasteiger partial charge in [-0.05, 0) is 18.8 Å². The maximum atomic E-state index is 14.4.